The van der Waals surface area contributed by atoms with Gasteiger partial charge in [-0.15, -0.1) is 0 Å². The number of rotatable bonds is 5. The van der Waals surface area contributed by atoms with Crippen LogP contribution in [0, 0.1) is 5.41 Å². The van der Waals surface area contributed by atoms with E-state index in [9.17, 15) is 9.90 Å². The van der Waals surface area contributed by atoms with E-state index in [0.29, 0.717) is 13.1 Å². The standard InChI is InChI=1S/C16H22N2O2/c1-16(2,3)11-17-13(15(19)20)10-18-9-8-12-6-4-5-7-14(12)18/h4-9,13,17H,10-11H2,1-3H3,(H,19,20). The van der Waals surface area contributed by atoms with Gasteiger partial charge in [-0.05, 0) is 22.9 Å². The number of hydrogen-bond acceptors (Lipinski definition) is 2. The zero-order chi connectivity index (χ0) is 14.8. The Morgan fingerprint density at radius 2 is 2.00 bits per heavy atom. The van der Waals surface area contributed by atoms with Gasteiger partial charge in [0.2, 0.25) is 0 Å². The second-order valence-corrected chi connectivity index (χ2v) is 6.36. The monoisotopic (exact) mass is 274 g/mol. The zero-order valence-corrected chi connectivity index (χ0v) is 12.3. The molecule has 0 spiro atoms. The lowest BCUT2D eigenvalue weighted by Gasteiger charge is -2.23. The Hall–Kier alpha value is -1.81. The van der Waals surface area contributed by atoms with E-state index in [1.807, 2.05) is 41.1 Å². The first-order valence-corrected chi connectivity index (χ1v) is 6.87. The maximum atomic E-state index is 11.4. The van der Waals surface area contributed by atoms with Gasteiger partial charge in [0.1, 0.15) is 6.04 Å². The van der Waals surface area contributed by atoms with Gasteiger partial charge < -0.3 is 15.0 Å². The van der Waals surface area contributed by atoms with E-state index in [0.717, 1.165) is 10.9 Å². The van der Waals surface area contributed by atoms with E-state index < -0.39 is 12.0 Å². The van der Waals surface area contributed by atoms with Gasteiger partial charge in [0.05, 0.1) is 0 Å². The smallest absolute Gasteiger partial charge is 0.322 e. The van der Waals surface area contributed by atoms with Crippen LogP contribution in [-0.2, 0) is 11.3 Å². The van der Waals surface area contributed by atoms with E-state index in [2.05, 4.69) is 26.1 Å². The van der Waals surface area contributed by atoms with Crippen molar-refractivity contribution in [2.45, 2.75) is 33.4 Å². The molecule has 2 N–H and O–H groups in total. The van der Waals surface area contributed by atoms with Crippen LogP contribution in [0.1, 0.15) is 20.8 Å². The molecule has 0 amide bonds. The summed E-state index contributed by atoms with van der Waals surface area (Å²) in [6.45, 7) is 7.36. The normalized spacial score (nSPS) is 13.6. The summed E-state index contributed by atoms with van der Waals surface area (Å²) in [4.78, 5) is 11.4. The van der Waals surface area contributed by atoms with Crippen molar-refractivity contribution in [3.63, 3.8) is 0 Å². The van der Waals surface area contributed by atoms with Crippen molar-refractivity contribution in [3.05, 3.63) is 36.5 Å². The molecule has 0 fully saturated rings. The van der Waals surface area contributed by atoms with Crippen LogP contribution in [0.3, 0.4) is 0 Å². The first-order valence-electron chi connectivity index (χ1n) is 6.87. The molecular weight excluding hydrogens is 252 g/mol. The van der Waals surface area contributed by atoms with Gasteiger partial charge in [-0.3, -0.25) is 4.79 Å². The lowest BCUT2D eigenvalue weighted by atomic mass is 9.96. The third-order valence-electron chi connectivity index (χ3n) is 3.24. The number of carboxylic acid groups (broad SMARTS) is 1. The van der Waals surface area contributed by atoms with Crippen LogP contribution in [0.2, 0.25) is 0 Å². The molecule has 20 heavy (non-hydrogen) atoms. The van der Waals surface area contributed by atoms with Gasteiger partial charge in [-0.25, -0.2) is 0 Å². The first kappa shape index (κ1) is 14.6. The van der Waals surface area contributed by atoms with Crippen molar-refractivity contribution in [1.82, 2.24) is 9.88 Å². The van der Waals surface area contributed by atoms with Crippen LogP contribution >= 0.6 is 0 Å². The molecule has 4 nitrogen and oxygen atoms in total. The molecule has 1 aromatic carbocycles. The molecule has 0 aliphatic rings. The van der Waals surface area contributed by atoms with Gasteiger partial charge in [0.25, 0.3) is 0 Å². The second-order valence-electron chi connectivity index (χ2n) is 6.36. The Labute approximate surface area is 119 Å². The second kappa shape index (κ2) is 5.67. The number of aliphatic carboxylic acids is 1. The number of fused-ring (bicyclic) bond motifs is 1. The largest absolute Gasteiger partial charge is 0.480 e. The predicted octanol–water partition coefficient (Wildman–Crippen LogP) is 2.73. The number of aromatic nitrogens is 1. The number of hydrogen-bond donors (Lipinski definition) is 2. The van der Waals surface area contributed by atoms with E-state index in [4.69, 9.17) is 0 Å². The summed E-state index contributed by atoms with van der Waals surface area (Å²) in [6.07, 6.45) is 1.94. The highest BCUT2D eigenvalue weighted by molar-refractivity contribution is 5.80. The van der Waals surface area contributed by atoms with Crippen molar-refractivity contribution in [1.29, 1.82) is 0 Å². The van der Waals surface area contributed by atoms with Crippen molar-refractivity contribution >= 4 is 16.9 Å². The van der Waals surface area contributed by atoms with Crippen LogP contribution in [0.5, 0.6) is 0 Å². The number of nitrogens with zero attached hydrogens (tertiary/aromatic N) is 1. The molecule has 108 valence electrons. The van der Waals surface area contributed by atoms with Crippen molar-refractivity contribution in [2.24, 2.45) is 5.41 Å². The first-order chi connectivity index (χ1) is 9.37. The van der Waals surface area contributed by atoms with Gasteiger partial charge >= 0.3 is 5.97 Å². The molecule has 0 aliphatic heterocycles. The Morgan fingerprint density at radius 1 is 1.30 bits per heavy atom. The van der Waals surface area contributed by atoms with Gasteiger partial charge in [0, 0.05) is 24.8 Å². The van der Waals surface area contributed by atoms with Crippen LogP contribution in [0.25, 0.3) is 10.9 Å². The lowest BCUT2D eigenvalue weighted by molar-refractivity contribution is -0.139. The Bertz CT molecular complexity index is 596. The minimum absolute atomic E-state index is 0.0620. The summed E-state index contributed by atoms with van der Waals surface area (Å²) in [5.41, 5.74) is 1.13. The molecule has 1 atom stereocenters. The van der Waals surface area contributed by atoms with Crippen LogP contribution < -0.4 is 5.32 Å². The Kier molecular flexibility index (Phi) is 4.14. The van der Waals surface area contributed by atoms with E-state index >= 15 is 0 Å². The number of nitrogens with one attached hydrogen (secondary N) is 1. The Morgan fingerprint density at radius 3 is 2.65 bits per heavy atom. The lowest BCUT2D eigenvalue weighted by Crippen LogP contribution is -2.43. The highest BCUT2D eigenvalue weighted by atomic mass is 16.4. The molecule has 2 rings (SSSR count). The summed E-state index contributed by atoms with van der Waals surface area (Å²) < 4.78 is 1.99. The maximum Gasteiger partial charge on any atom is 0.322 e. The fraction of sp³-hybridized carbons (Fsp3) is 0.438. The number of benzene rings is 1. The summed E-state index contributed by atoms with van der Waals surface area (Å²) in [7, 11) is 0. The fourth-order valence-corrected chi connectivity index (χ4v) is 2.16. The molecule has 1 unspecified atom stereocenters. The molecular formula is C16H22N2O2. The van der Waals surface area contributed by atoms with E-state index in [1.54, 1.807) is 0 Å². The van der Waals surface area contributed by atoms with Crippen LogP contribution in [0.4, 0.5) is 0 Å². The Balaban J connectivity index is 2.14. The molecule has 0 saturated carbocycles. The maximum absolute atomic E-state index is 11.4. The molecule has 0 bridgehead atoms. The average Bonchev–Trinajstić information content (AvgIpc) is 2.76. The van der Waals surface area contributed by atoms with E-state index in [1.165, 1.54) is 0 Å². The SMILES string of the molecule is CC(C)(C)CNC(Cn1ccc2ccccc21)C(=O)O. The third kappa shape index (κ3) is 3.61. The fourth-order valence-electron chi connectivity index (χ4n) is 2.16. The summed E-state index contributed by atoms with van der Waals surface area (Å²) >= 11 is 0. The topological polar surface area (TPSA) is 54.3 Å². The quantitative estimate of drug-likeness (QED) is 0.881. The van der Waals surface area contributed by atoms with E-state index in [-0.39, 0.29) is 5.41 Å². The molecule has 4 heteroatoms. The van der Waals surface area contributed by atoms with Crippen LogP contribution in [-0.4, -0.2) is 28.2 Å². The summed E-state index contributed by atoms with van der Waals surface area (Å²) in [6, 6.07) is 9.43. The van der Waals surface area contributed by atoms with Gasteiger partial charge in [-0.1, -0.05) is 39.0 Å². The predicted molar refractivity (Wildman–Crippen MR) is 80.8 cm³/mol. The van der Waals surface area contributed by atoms with Gasteiger partial charge in [-0.2, -0.15) is 0 Å². The molecule has 0 radical (unpaired) electrons. The van der Waals surface area contributed by atoms with Crippen molar-refractivity contribution in [3.8, 4) is 0 Å². The summed E-state index contributed by atoms with van der Waals surface area (Å²) in [5, 5.41) is 13.6. The molecule has 0 saturated heterocycles. The minimum Gasteiger partial charge on any atom is -0.480 e. The summed E-state index contributed by atoms with van der Waals surface area (Å²) in [5.74, 6) is -0.813. The molecule has 1 heterocycles. The zero-order valence-electron chi connectivity index (χ0n) is 12.3. The highest BCUT2D eigenvalue weighted by Crippen LogP contribution is 2.16. The number of para-hydroxylation sites is 1. The van der Waals surface area contributed by atoms with Gasteiger partial charge in [0.15, 0.2) is 0 Å². The average molecular weight is 274 g/mol. The number of carbonyl (C=O) groups is 1. The number of carboxylic acids is 1. The minimum atomic E-state index is -0.813. The third-order valence-corrected chi connectivity index (χ3v) is 3.24. The van der Waals surface area contributed by atoms with Crippen molar-refractivity contribution in [2.75, 3.05) is 6.54 Å². The highest BCUT2D eigenvalue weighted by Gasteiger charge is 2.21. The molecule has 0 aliphatic carbocycles. The molecule has 1 aromatic heterocycles. The van der Waals surface area contributed by atoms with Crippen LogP contribution in [0.15, 0.2) is 36.5 Å². The molecule has 2 aromatic rings. The van der Waals surface area contributed by atoms with Crippen molar-refractivity contribution < 1.29 is 9.90 Å².